The van der Waals surface area contributed by atoms with Crippen LogP contribution in [0.4, 0.5) is 39.5 Å². The van der Waals surface area contributed by atoms with Crippen molar-refractivity contribution in [2.45, 2.75) is 377 Å². The van der Waals surface area contributed by atoms with E-state index in [4.69, 9.17) is 23.3 Å². The molecule has 704 valence electrons. The smallest absolute Gasteiger partial charge is 0.171 e. The molecule has 0 fully saturated rings. The lowest BCUT2D eigenvalue weighted by Gasteiger charge is -2.39. The summed E-state index contributed by atoms with van der Waals surface area (Å²) in [5, 5.41) is 0. The SMILES string of the molecule is CC(C)(C)c1ccccc1-c1ccccc1.[2H]C([2H])(c1cccc(C([2H])(C)C(C)(C)C(F)(F)F)c1C(C)(C)C)C(C)(C)C(F)(F)F.[2H]C([2H])(c1cccc(C([2H])(C)C(C)(C)C)c1C(C)(C)C)C(C)(C)C.[2H]C([2H])(c1ccccc1C(C)(C)C)C(C)(C)C.[2H]C([2H])(c1ccccc1C(C)(C)C)C(C)(C)C(F)(F)F.[2H]C([2H])(c1ccccc1C(C)(C)C)C(C)C.[2H]c1c([2H])c([2H])c(-c2ccccc2C(C)(C)C)c([2H])c1[2H]. The first-order chi connectivity index (χ1) is 63.8. The molecule has 0 heterocycles. The van der Waals surface area contributed by atoms with Gasteiger partial charge in [0.15, 0.2) is 0 Å². The van der Waals surface area contributed by atoms with Crippen molar-refractivity contribution in [3.63, 3.8) is 0 Å². The number of hydrogen-bond acceptors (Lipinski definition) is 0. The lowest BCUT2D eigenvalue weighted by molar-refractivity contribution is -0.218. The van der Waals surface area contributed by atoms with Crippen LogP contribution in [0.15, 0.2) is 218 Å². The lowest BCUT2D eigenvalue weighted by atomic mass is 9.68. The third-order valence-electron chi connectivity index (χ3n) is 21.5. The van der Waals surface area contributed by atoms with Crippen LogP contribution in [0.1, 0.15) is 390 Å². The fourth-order valence-electron chi connectivity index (χ4n) is 13.9. The summed E-state index contributed by atoms with van der Waals surface area (Å²) in [5.41, 5.74) is 1.92. The number of rotatable bonds is 13. The predicted octanol–water partition coefficient (Wildman–Crippen LogP) is 37.7. The minimum Gasteiger partial charge on any atom is -0.171 e. The Hall–Kier alpha value is -7.65. The molecule has 2 atom stereocenters. The van der Waals surface area contributed by atoms with Crippen molar-refractivity contribution in [3.8, 4) is 22.3 Å². The maximum Gasteiger partial charge on any atom is 0.394 e. The number of alkyl halides is 9. The Balaban J connectivity index is 0.000000436. The monoisotopic (exact) mass is 1770 g/mol. The highest BCUT2D eigenvalue weighted by molar-refractivity contribution is 5.69. The highest BCUT2D eigenvalue weighted by Gasteiger charge is 2.53. The van der Waals surface area contributed by atoms with Crippen molar-refractivity contribution in [3.05, 3.63) is 296 Å². The van der Waals surface area contributed by atoms with Crippen LogP contribution in [0.25, 0.3) is 22.3 Å². The van der Waals surface area contributed by atoms with Crippen LogP contribution in [-0.2, 0) is 69.8 Å². The molecule has 9 heteroatoms. The van der Waals surface area contributed by atoms with Crippen LogP contribution in [0.2, 0.25) is 0 Å². The van der Waals surface area contributed by atoms with Crippen molar-refractivity contribution in [2.75, 3.05) is 0 Å². The van der Waals surface area contributed by atoms with Crippen LogP contribution < -0.4 is 0 Å². The van der Waals surface area contributed by atoms with Crippen LogP contribution in [0.3, 0.4) is 0 Å². The summed E-state index contributed by atoms with van der Waals surface area (Å²) in [7, 11) is 0. The van der Waals surface area contributed by atoms with E-state index >= 15 is 0 Å². The zero-order valence-electron chi connectivity index (χ0n) is 102. The molecule has 9 rings (SSSR count). The third kappa shape index (κ3) is 35.5. The summed E-state index contributed by atoms with van der Waals surface area (Å²) in [5.74, 6) is -3.11. The summed E-state index contributed by atoms with van der Waals surface area (Å²) in [4.78, 5) is 0. The molecule has 9 aromatic rings. The van der Waals surface area contributed by atoms with Gasteiger partial charge in [0.05, 0.1) is 23.1 Å². The van der Waals surface area contributed by atoms with Gasteiger partial charge in [-0.05, 0) is 204 Å². The highest BCUT2D eigenvalue weighted by Crippen LogP contribution is 2.52. The van der Waals surface area contributed by atoms with Gasteiger partial charge in [0, 0.05) is 16.4 Å². The second-order valence-electron chi connectivity index (χ2n) is 45.5. The molecule has 0 radical (unpaired) electrons. The molecular formula is C118H169F9. The zero-order valence-corrected chi connectivity index (χ0v) is 84.9. The van der Waals surface area contributed by atoms with E-state index < -0.39 is 100 Å². The Bertz CT molecular complexity index is 5610. The van der Waals surface area contributed by atoms with E-state index in [2.05, 4.69) is 158 Å². The van der Waals surface area contributed by atoms with E-state index in [9.17, 15) is 39.5 Å². The van der Waals surface area contributed by atoms with Gasteiger partial charge in [-0.3, -0.25) is 0 Å². The Kier molecular flexibility index (Phi) is 30.3. The molecule has 0 aromatic heterocycles. The molecule has 0 saturated carbocycles. The molecule has 0 aliphatic carbocycles. The van der Waals surface area contributed by atoms with Crippen molar-refractivity contribution < 1.29 is 62.8 Å². The standard InChI is InChI=1S/C21H30F6.C21H36.2C16H18.C15H21F3.C15H24.C14H22/c1-13(19(7,8)21(25,26)27)15-11-9-10-14(16(15)17(2,3)4)12-18(5,6)20(22,23)24;1-15(20(5,6)7)17-13-11-12-16(14-19(2,3)4)18(17)21(8,9)10;2*1-16(2,3)15-12-8-7-11-14(15)13-9-5-4-6-10-13;1-13(2,3)12-9-7-6-8-11(12)10-14(4,5)15(16,17)18;1-14(2,3)11-12-9-7-8-10-13(12)15(4,5)6;1-11(2)10-12-8-6-7-9-13(12)14(3,4)5/h9-11,13H,12H2,1-8H3;11-13,15H,14H2,1-10H3;2*4-12H,1-3H3;6-9H,10H2,1-5H3;7-10H,11H2,1-6H3;6-9,11H,10H2,1-5H3/i12D2,13D;14D2,15D;4D,5D,6D,9D,10D;;10D2;11D2;10D2. The van der Waals surface area contributed by atoms with Gasteiger partial charge in [-0.1, -0.05) is 495 Å². The summed E-state index contributed by atoms with van der Waals surface area (Å²) in [6.45, 7) is 72.2. The van der Waals surface area contributed by atoms with Crippen LogP contribution in [-0.4, -0.2) is 18.5 Å². The molecule has 0 N–H and O–H groups in total. The molecule has 127 heavy (non-hydrogen) atoms. The Morgan fingerprint density at radius 3 is 0.866 bits per heavy atom. The number of benzene rings is 9. The van der Waals surface area contributed by atoms with Crippen molar-refractivity contribution in [1.29, 1.82) is 0 Å². The molecule has 0 nitrogen and oxygen atoms in total. The number of halogens is 9. The van der Waals surface area contributed by atoms with E-state index in [1.54, 1.807) is 39.0 Å². The van der Waals surface area contributed by atoms with Crippen molar-refractivity contribution >= 4 is 0 Å². The fraction of sp³-hybridized carbons (Fsp3) is 0.542. The average molecular weight is 1780 g/mol. The van der Waals surface area contributed by atoms with Crippen LogP contribution in [0, 0.1) is 38.4 Å². The van der Waals surface area contributed by atoms with Crippen molar-refractivity contribution in [2.24, 2.45) is 38.4 Å². The molecule has 0 bridgehead atoms. The summed E-state index contributed by atoms with van der Waals surface area (Å²) in [6, 6.07) is 57.2. The minimum atomic E-state index is -4.91. The topological polar surface area (TPSA) is 0 Å². The summed E-state index contributed by atoms with van der Waals surface area (Å²) in [6.07, 6.45) is -23.8. The van der Waals surface area contributed by atoms with Gasteiger partial charge in [-0.15, -0.1) is 0 Å². The number of hydrogen-bond donors (Lipinski definition) is 0. The Morgan fingerprint density at radius 2 is 0.543 bits per heavy atom. The fourth-order valence-corrected chi connectivity index (χ4v) is 13.9. The van der Waals surface area contributed by atoms with E-state index in [0.717, 1.165) is 93.0 Å². The van der Waals surface area contributed by atoms with E-state index in [1.165, 1.54) is 41.0 Å². The van der Waals surface area contributed by atoms with Gasteiger partial charge in [0.1, 0.15) is 0 Å². The van der Waals surface area contributed by atoms with E-state index in [0.29, 0.717) is 11.1 Å². The highest BCUT2D eigenvalue weighted by atomic mass is 19.4. The Morgan fingerprint density at radius 1 is 0.268 bits per heavy atom. The first-order valence-electron chi connectivity index (χ1n) is 52.9. The van der Waals surface area contributed by atoms with Gasteiger partial charge >= 0.3 is 18.5 Å². The predicted molar refractivity (Wildman–Crippen MR) is 535 cm³/mol. The molecule has 2 unspecified atom stereocenters. The molecular weight excluding hydrogens is 1590 g/mol. The molecule has 0 amide bonds. The first-order valence-corrected chi connectivity index (χ1v) is 44.4. The largest absolute Gasteiger partial charge is 0.394 e. The van der Waals surface area contributed by atoms with Gasteiger partial charge in [0.2, 0.25) is 0 Å². The first kappa shape index (κ1) is 87.3. The van der Waals surface area contributed by atoms with Gasteiger partial charge in [-0.25, -0.2) is 0 Å². The maximum atomic E-state index is 13.8. The normalized spacial score (nSPS) is 16.6. The maximum absolute atomic E-state index is 13.8. The molecule has 0 aliphatic rings. The third-order valence-corrected chi connectivity index (χ3v) is 21.5. The zero-order chi connectivity index (χ0) is 113. The average Bonchev–Trinajstić information content (AvgIpc) is 0.719. The second-order valence-corrected chi connectivity index (χ2v) is 45.5. The lowest BCUT2D eigenvalue weighted by Crippen LogP contribution is -2.38. The van der Waals surface area contributed by atoms with E-state index in [-0.39, 0.29) is 96.4 Å². The second kappa shape index (κ2) is 44.1. The van der Waals surface area contributed by atoms with Crippen LogP contribution >= 0.6 is 0 Å². The van der Waals surface area contributed by atoms with Crippen LogP contribution in [0.5, 0.6) is 0 Å². The minimum absolute atomic E-state index is 0.0119. The van der Waals surface area contributed by atoms with Crippen molar-refractivity contribution in [1.82, 2.24) is 0 Å². The molecule has 0 spiro atoms. The van der Waals surface area contributed by atoms with E-state index in [1.807, 2.05) is 195 Å². The quantitative estimate of drug-likeness (QED) is 0.101. The summed E-state index contributed by atoms with van der Waals surface area (Å²) >= 11 is 0. The van der Waals surface area contributed by atoms with Gasteiger partial charge in [-0.2, -0.15) is 39.5 Å². The summed E-state index contributed by atoms with van der Waals surface area (Å²) < 4.78 is 263. The molecule has 9 aromatic carbocycles. The molecule has 0 aliphatic heterocycles. The van der Waals surface area contributed by atoms with Gasteiger partial charge in [0.25, 0.3) is 0 Å². The molecule has 0 saturated heterocycles. The Labute approximate surface area is 793 Å². The van der Waals surface area contributed by atoms with Gasteiger partial charge < -0.3 is 0 Å².